The van der Waals surface area contributed by atoms with E-state index in [1.807, 2.05) is 29.7 Å². The number of rotatable bonds is 4. The Morgan fingerprint density at radius 3 is 2.87 bits per heavy atom. The summed E-state index contributed by atoms with van der Waals surface area (Å²) in [7, 11) is 0. The summed E-state index contributed by atoms with van der Waals surface area (Å²) in [5, 5.41) is 4.40. The highest BCUT2D eigenvalue weighted by Gasteiger charge is 2.36. The van der Waals surface area contributed by atoms with E-state index in [4.69, 9.17) is 9.97 Å². The molecule has 1 aliphatic heterocycles. The highest BCUT2D eigenvalue weighted by Crippen LogP contribution is 2.42. The van der Waals surface area contributed by atoms with Gasteiger partial charge in [-0.2, -0.15) is 0 Å². The van der Waals surface area contributed by atoms with E-state index in [9.17, 15) is 4.79 Å². The van der Waals surface area contributed by atoms with Crippen LogP contribution in [0.15, 0.2) is 24.5 Å². The van der Waals surface area contributed by atoms with Gasteiger partial charge in [0.1, 0.15) is 16.7 Å². The summed E-state index contributed by atoms with van der Waals surface area (Å²) < 4.78 is 0. The fourth-order valence-corrected chi connectivity index (χ4v) is 6.04. The number of pyridine rings is 1. The quantitative estimate of drug-likeness (QED) is 0.695. The van der Waals surface area contributed by atoms with E-state index in [2.05, 4.69) is 15.2 Å². The topological polar surface area (TPSA) is 71.0 Å². The number of thiophene rings is 1. The molecule has 1 amide bonds. The molecule has 6 nitrogen and oxygen atoms in total. The number of hydrogen-bond donors (Lipinski definition) is 1. The van der Waals surface area contributed by atoms with E-state index in [-0.39, 0.29) is 11.9 Å². The van der Waals surface area contributed by atoms with Crippen molar-refractivity contribution in [3.63, 3.8) is 0 Å². The third-order valence-corrected chi connectivity index (χ3v) is 7.65. The van der Waals surface area contributed by atoms with Gasteiger partial charge in [-0.25, -0.2) is 9.97 Å². The number of aryl methyl sites for hydroxylation is 2. The van der Waals surface area contributed by atoms with Gasteiger partial charge in [-0.1, -0.05) is 0 Å². The van der Waals surface area contributed by atoms with Crippen molar-refractivity contribution in [3.8, 4) is 11.4 Å². The summed E-state index contributed by atoms with van der Waals surface area (Å²) in [5.74, 6) is 1.82. The van der Waals surface area contributed by atoms with Crippen LogP contribution in [0.4, 0.5) is 5.82 Å². The van der Waals surface area contributed by atoms with Gasteiger partial charge in [0.2, 0.25) is 5.91 Å². The minimum atomic E-state index is -0.135. The second-order valence-electron chi connectivity index (χ2n) is 8.64. The number of aromatic nitrogens is 3. The predicted molar refractivity (Wildman–Crippen MR) is 119 cm³/mol. The van der Waals surface area contributed by atoms with Crippen LogP contribution in [0.3, 0.4) is 0 Å². The van der Waals surface area contributed by atoms with Crippen LogP contribution >= 0.6 is 11.3 Å². The molecule has 0 bridgehead atoms. The van der Waals surface area contributed by atoms with Gasteiger partial charge in [0.05, 0.1) is 5.39 Å². The summed E-state index contributed by atoms with van der Waals surface area (Å²) in [6, 6.07) is 4.17. The Hall–Kier alpha value is -2.54. The molecule has 0 aromatic carbocycles. The minimum absolute atomic E-state index is 0.135. The van der Waals surface area contributed by atoms with Crippen LogP contribution in [-0.2, 0) is 17.6 Å². The maximum atomic E-state index is 13.0. The third-order valence-electron chi connectivity index (χ3n) is 6.47. The van der Waals surface area contributed by atoms with Crippen molar-refractivity contribution in [2.45, 2.75) is 63.5 Å². The number of nitrogens with zero attached hydrogens (tertiary/aromatic N) is 4. The monoisotopic (exact) mass is 419 g/mol. The maximum Gasteiger partial charge on any atom is 0.242 e. The Morgan fingerprint density at radius 2 is 2.03 bits per heavy atom. The van der Waals surface area contributed by atoms with Crippen molar-refractivity contribution in [1.82, 2.24) is 20.3 Å². The molecule has 1 unspecified atom stereocenters. The molecule has 154 valence electrons. The number of nitrogens with one attached hydrogen (secondary N) is 1. The molecule has 30 heavy (non-hydrogen) atoms. The molecule has 1 atom stereocenters. The number of hydrogen-bond acceptors (Lipinski definition) is 6. The molecule has 3 aliphatic rings. The van der Waals surface area contributed by atoms with Crippen molar-refractivity contribution in [1.29, 1.82) is 0 Å². The summed E-state index contributed by atoms with van der Waals surface area (Å²) in [6.45, 7) is 0.867. The van der Waals surface area contributed by atoms with Gasteiger partial charge in [0.25, 0.3) is 0 Å². The maximum absolute atomic E-state index is 13.0. The highest BCUT2D eigenvalue weighted by molar-refractivity contribution is 7.19. The van der Waals surface area contributed by atoms with E-state index in [1.54, 1.807) is 6.20 Å². The van der Waals surface area contributed by atoms with Crippen LogP contribution in [0.2, 0.25) is 0 Å². The van der Waals surface area contributed by atoms with Crippen LogP contribution in [-0.4, -0.2) is 39.5 Å². The fourth-order valence-electron chi connectivity index (χ4n) is 4.79. The zero-order valence-electron chi connectivity index (χ0n) is 16.9. The lowest BCUT2D eigenvalue weighted by Gasteiger charge is -2.26. The summed E-state index contributed by atoms with van der Waals surface area (Å²) in [6.07, 6.45) is 12.4. The lowest BCUT2D eigenvalue weighted by molar-refractivity contribution is -0.122. The molecule has 0 spiro atoms. The zero-order valence-corrected chi connectivity index (χ0v) is 17.7. The first kappa shape index (κ1) is 18.2. The Balaban J connectivity index is 1.50. The Kier molecular flexibility index (Phi) is 4.44. The molecule has 6 rings (SSSR count). The molecule has 4 heterocycles. The minimum Gasteiger partial charge on any atom is -0.352 e. The second kappa shape index (κ2) is 7.30. The Bertz CT molecular complexity index is 1110. The first-order chi connectivity index (χ1) is 14.8. The number of carbonyl (C=O) groups excluding carboxylic acids is 1. The second-order valence-corrected chi connectivity index (χ2v) is 9.72. The molecule has 2 aliphatic carbocycles. The van der Waals surface area contributed by atoms with E-state index in [0.717, 1.165) is 61.3 Å². The summed E-state index contributed by atoms with van der Waals surface area (Å²) >= 11 is 1.81. The molecule has 2 fully saturated rings. The molecule has 1 saturated carbocycles. The van der Waals surface area contributed by atoms with Gasteiger partial charge in [-0.05, 0) is 69.1 Å². The lowest BCUT2D eigenvalue weighted by atomic mass is 9.96. The van der Waals surface area contributed by atoms with Crippen molar-refractivity contribution < 1.29 is 4.79 Å². The number of anilines is 1. The smallest absolute Gasteiger partial charge is 0.242 e. The van der Waals surface area contributed by atoms with Crippen LogP contribution in [0.5, 0.6) is 0 Å². The highest BCUT2D eigenvalue weighted by atomic mass is 32.1. The summed E-state index contributed by atoms with van der Waals surface area (Å²) in [4.78, 5) is 32.0. The fraction of sp³-hybridized carbons (Fsp3) is 0.478. The van der Waals surface area contributed by atoms with E-state index < -0.39 is 0 Å². The van der Waals surface area contributed by atoms with Gasteiger partial charge < -0.3 is 10.2 Å². The van der Waals surface area contributed by atoms with Gasteiger partial charge in [0, 0.05) is 35.4 Å². The Labute approximate surface area is 179 Å². The van der Waals surface area contributed by atoms with E-state index in [1.165, 1.54) is 28.7 Å². The first-order valence-electron chi connectivity index (χ1n) is 11.1. The van der Waals surface area contributed by atoms with Gasteiger partial charge in [-0.3, -0.25) is 9.78 Å². The molecular weight excluding hydrogens is 394 g/mol. The molecule has 1 N–H and O–H groups in total. The molecule has 3 aromatic heterocycles. The average molecular weight is 420 g/mol. The van der Waals surface area contributed by atoms with Gasteiger partial charge >= 0.3 is 0 Å². The van der Waals surface area contributed by atoms with Crippen LogP contribution in [0.25, 0.3) is 21.6 Å². The van der Waals surface area contributed by atoms with Gasteiger partial charge in [0.15, 0.2) is 5.82 Å². The molecule has 0 radical (unpaired) electrons. The molecule has 1 saturated heterocycles. The van der Waals surface area contributed by atoms with Crippen molar-refractivity contribution in [2.24, 2.45) is 0 Å². The van der Waals surface area contributed by atoms with Crippen LogP contribution < -0.4 is 10.2 Å². The molecule has 3 aromatic rings. The molecule has 7 heteroatoms. The third kappa shape index (κ3) is 3.16. The largest absolute Gasteiger partial charge is 0.352 e. The Morgan fingerprint density at radius 1 is 1.13 bits per heavy atom. The van der Waals surface area contributed by atoms with Crippen LogP contribution in [0, 0.1) is 0 Å². The van der Waals surface area contributed by atoms with Gasteiger partial charge in [-0.15, -0.1) is 11.3 Å². The zero-order chi connectivity index (χ0) is 20.1. The number of carbonyl (C=O) groups is 1. The van der Waals surface area contributed by atoms with Crippen molar-refractivity contribution in [2.75, 3.05) is 11.4 Å². The normalized spacial score (nSPS) is 21.1. The molecular formula is C23H25N5OS. The van der Waals surface area contributed by atoms with E-state index >= 15 is 0 Å². The van der Waals surface area contributed by atoms with Crippen molar-refractivity contribution in [3.05, 3.63) is 35.0 Å². The number of fused-ring (bicyclic) bond motifs is 3. The standard InChI is InChI=1S/C23H25N5OS/c29-22(25-15-9-10-15)17-7-4-12-28(17)21-19-16-6-1-2-8-18(16)30-23(19)27-20(26-21)14-5-3-11-24-13-14/h3,5,11,13,15,17H,1-2,4,6-10,12H2,(H,25,29). The lowest BCUT2D eigenvalue weighted by Crippen LogP contribution is -2.44. The first-order valence-corrected chi connectivity index (χ1v) is 11.9. The van der Waals surface area contributed by atoms with Crippen molar-refractivity contribution >= 4 is 33.3 Å². The SMILES string of the molecule is O=C(NC1CC1)C1CCCN1c1nc(-c2cccnc2)nc2sc3c(c12)CCCC3. The average Bonchev–Trinajstić information content (AvgIpc) is 3.32. The summed E-state index contributed by atoms with van der Waals surface area (Å²) in [5.41, 5.74) is 2.34. The van der Waals surface area contributed by atoms with Crippen LogP contribution in [0.1, 0.15) is 49.0 Å². The number of amides is 1. The van der Waals surface area contributed by atoms with E-state index in [0.29, 0.717) is 11.9 Å². The predicted octanol–water partition coefficient (Wildman–Crippen LogP) is 3.88.